The van der Waals surface area contributed by atoms with Crippen molar-refractivity contribution in [3.63, 3.8) is 0 Å². The number of carbonyl (C=O) groups is 2. The van der Waals surface area contributed by atoms with E-state index in [2.05, 4.69) is 16.6 Å². The molecule has 0 aromatic carbocycles. The van der Waals surface area contributed by atoms with Crippen LogP contribution in [0.1, 0.15) is 13.3 Å². The van der Waals surface area contributed by atoms with Gasteiger partial charge in [0.2, 0.25) is 0 Å². The summed E-state index contributed by atoms with van der Waals surface area (Å²) in [4.78, 5) is 21.5. The van der Waals surface area contributed by atoms with Gasteiger partial charge in [0.25, 0.3) is 0 Å². The third kappa shape index (κ3) is 5.04. The van der Waals surface area contributed by atoms with Crippen molar-refractivity contribution in [2.75, 3.05) is 13.1 Å². The number of nitrogens with one attached hydrogen (secondary N) is 2. The number of carbonyl (C=O) groups excluding carboxylic acids is 1. The van der Waals surface area contributed by atoms with Crippen LogP contribution in [0.2, 0.25) is 0 Å². The molecule has 14 heavy (non-hydrogen) atoms. The van der Waals surface area contributed by atoms with Crippen LogP contribution < -0.4 is 10.6 Å². The molecule has 5 nitrogen and oxygen atoms in total. The maximum atomic E-state index is 10.9. The van der Waals surface area contributed by atoms with Crippen molar-refractivity contribution < 1.29 is 14.7 Å². The fraction of sp³-hybridized carbons (Fsp3) is 0.556. The number of hydrogen-bond acceptors (Lipinski definition) is 2. The molecule has 2 amide bonds. The first-order valence-electron chi connectivity index (χ1n) is 4.29. The minimum atomic E-state index is -0.912. The van der Waals surface area contributed by atoms with Gasteiger partial charge >= 0.3 is 12.0 Å². The number of terminal acetylenes is 1. The van der Waals surface area contributed by atoms with Crippen molar-refractivity contribution in [1.29, 1.82) is 0 Å². The van der Waals surface area contributed by atoms with Crippen LogP contribution in [0.25, 0.3) is 0 Å². The first-order valence-corrected chi connectivity index (χ1v) is 4.29. The van der Waals surface area contributed by atoms with E-state index < -0.39 is 17.9 Å². The average molecular weight is 198 g/mol. The van der Waals surface area contributed by atoms with Gasteiger partial charge in [0, 0.05) is 6.54 Å². The zero-order valence-electron chi connectivity index (χ0n) is 8.04. The molecule has 0 radical (unpaired) electrons. The highest BCUT2D eigenvalue weighted by Gasteiger charge is 2.15. The molecule has 1 unspecified atom stereocenters. The summed E-state index contributed by atoms with van der Waals surface area (Å²) in [6.07, 6.45) is 5.40. The second-order valence-corrected chi connectivity index (χ2v) is 2.71. The van der Waals surface area contributed by atoms with E-state index in [1.807, 2.05) is 0 Å². The summed E-state index contributed by atoms with van der Waals surface area (Å²) in [5.41, 5.74) is 0. The molecule has 78 valence electrons. The van der Waals surface area contributed by atoms with Gasteiger partial charge in [0.15, 0.2) is 0 Å². The number of carboxylic acid groups (broad SMARTS) is 1. The number of urea groups is 1. The normalized spacial score (nSPS) is 11.1. The van der Waals surface area contributed by atoms with Crippen LogP contribution in [0.3, 0.4) is 0 Å². The Bertz CT molecular complexity index is 245. The number of amides is 2. The van der Waals surface area contributed by atoms with E-state index in [0.717, 1.165) is 0 Å². The maximum Gasteiger partial charge on any atom is 0.315 e. The summed E-state index contributed by atoms with van der Waals surface area (Å²) in [6, 6.07) is -0.442. The monoisotopic (exact) mass is 198 g/mol. The molecule has 0 rings (SSSR count). The van der Waals surface area contributed by atoms with E-state index in [9.17, 15) is 9.59 Å². The molecule has 3 N–H and O–H groups in total. The molecule has 5 heteroatoms. The minimum absolute atomic E-state index is 0.113. The van der Waals surface area contributed by atoms with Crippen LogP contribution >= 0.6 is 0 Å². The summed E-state index contributed by atoms with van der Waals surface area (Å²) < 4.78 is 0. The summed E-state index contributed by atoms with van der Waals surface area (Å²) in [6.45, 7) is 2.00. The Morgan fingerprint density at radius 2 is 2.14 bits per heavy atom. The van der Waals surface area contributed by atoms with Crippen LogP contribution in [0.15, 0.2) is 0 Å². The highest BCUT2D eigenvalue weighted by atomic mass is 16.4. The van der Waals surface area contributed by atoms with Crippen LogP contribution in [0, 0.1) is 18.3 Å². The van der Waals surface area contributed by atoms with Crippen LogP contribution in [-0.2, 0) is 4.79 Å². The molecular formula is C9H14N2O3. The highest BCUT2D eigenvalue weighted by Crippen LogP contribution is 1.99. The van der Waals surface area contributed by atoms with Gasteiger partial charge in [-0.2, -0.15) is 0 Å². The molecule has 0 saturated heterocycles. The molecule has 0 fully saturated rings. The third-order valence-electron chi connectivity index (χ3n) is 1.70. The van der Waals surface area contributed by atoms with Crippen molar-refractivity contribution in [2.24, 2.45) is 5.92 Å². The van der Waals surface area contributed by atoms with E-state index in [1.165, 1.54) is 0 Å². The number of rotatable bonds is 5. The van der Waals surface area contributed by atoms with Crippen LogP contribution in [-0.4, -0.2) is 30.2 Å². The SMILES string of the molecule is C#CCNC(=O)NCC(CC)C(=O)O. The van der Waals surface area contributed by atoms with Gasteiger partial charge in [0.05, 0.1) is 12.5 Å². The van der Waals surface area contributed by atoms with Gasteiger partial charge in [0.1, 0.15) is 0 Å². The van der Waals surface area contributed by atoms with E-state index in [0.29, 0.717) is 6.42 Å². The summed E-state index contributed by atoms with van der Waals surface area (Å²) in [5, 5.41) is 13.5. The second-order valence-electron chi connectivity index (χ2n) is 2.71. The zero-order valence-corrected chi connectivity index (χ0v) is 8.04. The average Bonchev–Trinajstić information content (AvgIpc) is 2.15. The molecule has 0 aliphatic rings. The number of hydrogen-bond donors (Lipinski definition) is 3. The molecule has 0 heterocycles. The summed E-state index contributed by atoms with van der Waals surface area (Å²) in [7, 11) is 0. The molecular weight excluding hydrogens is 184 g/mol. The number of aliphatic carboxylic acids is 1. The topological polar surface area (TPSA) is 78.4 Å². The molecule has 0 aromatic heterocycles. The first kappa shape index (κ1) is 12.3. The Morgan fingerprint density at radius 1 is 1.50 bits per heavy atom. The number of carboxylic acids is 1. The van der Waals surface area contributed by atoms with Crippen molar-refractivity contribution in [3.05, 3.63) is 0 Å². The smallest absolute Gasteiger partial charge is 0.315 e. The Balaban J connectivity index is 3.75. The van der Waals surface area contributed by atoms with Gasteiger partial charge in [-0.05, 0) is 6.42 Å². The van der Waals surface area contributed by atoms with Crippen LogP contribution in [0.4, 0.5) is 4.79 Å². The lowest BCUT2D eigenvalue weighted by Crippen LogP contribution is -2.39. The maximum absolute atomic E-state index is 10.9. The molecule has 0 bridgehead atoms. The molecule has 0 aromatic rings. The van der Waals surface area contributed by atoms with Crippen molar-refractivity contribution >= 4 is 12.0 Å². The Hall–Kier alpha value is -1.70. The molecule has 0 saturated carbocycles. The van der Waals surface area contributed by atoms with E-state index in [1.54, 1.807) is 6.92 Å². The van der Waals surface area contributed by atoms with Gasteiger partial charge in [-0.3, -0.25) is 4.79 Å². The lowest BCUT2D eigenvalue weighted by atomic mass is 10.1. The predicted octanol–water partition coefficient (Wildman–Crippen LogP) is 0.0296. The predicted molar refractivity (Wildman–Crippen MR) is 51.7 cm³/mol. The molecule has 0 aliphatic heterocycles. The van der Waals surface area contributed by atoms with Gasteiger partial charge < -0.3 is 15.7 Å². The Morgan fingerprint density at radius 3 is 2.57 bits per heavy atom. The van der Waals surface area contributed by atoms with Gasteiger partial charge in [-0.1, -0.05) is 12.8 Å². The van der Waals surface area contributed by atoms with E-state index >= 15 is 0 Å². The Kier molecular flexibility index (Phi) is 5.95. The lowest BCUT2D eigenvalue weighted by Gasteiger charge is -2.10. The quantitative estimate of drug-likeness (QED) is 0.545. The molecule has 0 spiro atoms. The van der Waals surface area contributed by atoms with Crippen molar-refractivity contribution in [1.82, 2.24) is 10.6 Å². The summed E-state index contributed by atoms with van der Waals surface area (Å²) in [5.74, 6) is 0.773. The van der Waals surface area contributed by atoms with E-state index in [-0.39, 0.29) is 13.1 Å². The van der Waals surface area contributed by atoms with Crippen molar-refractivity contribution in [2.45, 2.75) is 13.3 Å². The molecule has 0 aliphatic carbocycles. The second kappa shape index (κ2) is 6.78. The fourth-order valence-electron chi connectivity index (χ4n) is 0.816. The Labute approximate surface area is 82.9 Å². The van der Waals surface area contributed by atoms with Crippen LogP contribution in [0.5, 0.6) is 0 Å². The first-order chi connectivity index (χ1) is 6.61. The summed E-state index contributed by atoms with van der Waals surface area (Å²) >= 11 is 0. The van der Waals surface area contributed by atoms with E-state index in [4.69, 9.17) is 11.5 Å². The highest BCUT2D eigenvalue weighted by molar-refractivity contribution is 5.75. The minimum Gasteiger partial charge on any atom is -0.481 e. The molecule has 1 atom stereocenters. The van der Waals surface area contributed by atoms with Gasteiger partial charge in [-0.25, -0.2) is 4.79 Å². The standard InChI is InChI=1S/C9H14N2O3/c1-3-5-10-9(14)11-6-7(4-2)8(12)13/h1,7H,4-6H2,2H3,(H,12,13)(H2,10,11,14). The van der Waals surface area contributed by atoms with Crippen molar-refractivity contribution in [3.8, 4) is 12.3 Å². The zero-order chi connectivity index (χ0) is 11.0. The fourth-order valence-corrected chi connectivity index (χ4v) is 0.816. The lowest BCUT2D eigenvalue weighted by molar-refractivity contribution is -0.141. The largest absolute Gasteiger partial charge is 0.481 e. The van der Waals surface area contributed by atoms with Gasteiger partial charge in [-0.15, -0.1) is 6.42 Å². The third-order valence-corrected chi connectivity index (χ3v) is 1.70.